The van der Waals surface area contributed by atoms with Crippen molar-refractivity contribution in [1.29, 1.82) is 0 Å². The summed E-state index contributed by atoms with van der Waals surface area (Å²) in [5, 5.41) is 3.33. The Kier molecular flexibility index (Phi) is 17.0. The lowest BCUT2D eigenvalue weighted by atomic mass is 10.0. The number of hydrogen-bond acceptors (Lipinski definition) is 1. The van der Waals surface area contributed by atoms with E-state index in [-0.39, 0.29) is 24.5 Å². The van der Waals surface area contributed by atoms with Crippen molar-refractivity contribution in [2.75, 3.05) is 20.6 Å². The Labute approximate surface area is 193 Å². The maximum absolute atomic E-state index is 12.6. The van der Waals surface area contributed by atoms with Gasteiger partial charge in [-0.3, -0.25) is 4.79 Å². The van der Waals surface area contributed by atoms with Gasteiger partial charge in [-0.15, -0.1) is 0 Å². The van der Waals surface area contributed by atoms with Gasteiger partial charge < -0.3 is 22.2 Å². The molecule has 174 valence electrons. The minimum atomic E-state index is 0. The van der Waals surface area contributed by atoms with Crippen molar-refractivity contribution < 1.29 is 21.7 Å². The Balaban J connectivity index is 0.00000841. The van der Waals surface area contributed by atoms with Crippen molar-refractivity contribution in [3.05, 3.63) is 35.9 Å². The zero-order chi connectivity index (χ0) is 21.4. The van der Waals surface area contributed by atoms with Crippen LogP contribution in [-0.4, -0.2) is 31.0 Å². The van der Waals surface area contributed by atoms with Gasteiger partial charge in [-0.2, -0.15) is 0 Å². The number of benzene rings is 1. The Morgan fingerprint density at radius 1 is 0.800 bits per heavy atom. The molecule has 1 rings (SSSR count). The number of rotatable bonds is 17. The van der Waals surface area contributed by atoms with E-state index in [1.54, 1.807) is 0 Å². The monoisotopic (exact) mass is 438 g/mol. The van der Waals surface area contributed by atoms with Crippen LogP contribution in [0.15, 0.2) is 30.3 Å². The number of carbonyl (C=O) groups is 1. The first-order valence-corrected chi connectivity index (χ1v) is 12.2. The lowest BCUT2D eigenvalue weighted by Gasteiger charge is -2.38. The van der Waals surface area contributed by atoms with Crippen molar-refractivity contribution in [2.24, 2.45) is 0 Å². The van der Waals surface area contributed by atoms with E-state index in [0.717, 1.165) is 23.9 Å². The molecule has 0 aliphatic carbocycles. The summed E-state index contributed by atoms with van der Waals surface area (Å²) in [4.78, 5) is 12.6. The molecular formula is C26H47ClN2O. The molecule has 0 saturated carbocycles. The molecule has 4 heteroatoms. The number of quaternary nitrogens is 1. The van der Waals surface area contributed by atoms with Crippen molar-refractivity contribution in [2.45, 2.75) is 103 Å². The fourth-order valence-electron chi connectivity index (χ4n) is 4.18. The van der Waals surface area contributed by atoms with Crippen LogP contribution >= 0.6 is 0 Å². The summed E-state index contributed by atoms with van der Waals surface area (Å²) < 4.78 is 0.782. The van der Waals surface area contributed by atoms with E-state index < -0.39 is 0 Å². The number of halogens is 1. The second-order valence-corrected chi connectivity index (χ2v) is 9.17. The fourth-order valence-corrected chi connectivity index (χ4v) is 4.18. The molecule has 1 atom stereocenters. The topological polar surface area (TPSA) is 29.1 Å². The molecule has 0 radical (unpaired) electrons. The summed E-state index contributed by atoms with van der Waals surface area (Å²) in [5.74, 6) is 0.192. The minimum absolute atomic E-state index is 0. The summed E-state index contributed by atoms with van der Waals surface area (Å²) in [6.45, 7) is 5.51. The molecule has 30 heavy (non-hydrogen) atoms. The Morgan fingerprint density at radius 3 is 1.80 bits per heavy atom. The van der Waals surface area contributed by atoms with Crippen LogP contribution in [0.4, 0.5) is 0 Å². The van der Waals surface area contributed by atoms with Crippen LogP contribution in [0, 0.1) is 0 Å². The van der Waals surface area contributed by atoms with Crippen molar-refractivity contribution in [3.63, 3.8) is 0 Å². The van der Waals surface area contributed by atoms with Gasteiger partial charge in [0.1, 0.15) is 0 Å². The normalized spacial score (nSPS) is 12.3. The zero-order valence-electron chi connectivity index (χ0n) is 20.1. The maximum atomic E-state index is 12.6. The molecule has 1 amide bonds. The molecule has 0 spiro atoms. The third-order valence-corrected chi connectivity index (χ3v) is 5.92. The fraction of sp³-hybridized carbons (Fsp3) is 0.731. The van der Waals surface area contributed by atoms with E-state index in [9.17, 15) is 4.79 Å². The predicted molar refractivity (Wildman–Crippen MR) is 126 cm³/mol. The summed E-state index contributed by atoms with van der Waals surface area (Å²) in [6, 6.07) is 10.4. The van der Waals surface area contributed by atoms with Crippen LogP contribution < -0.4 is 17.7 Å². The largest absolute Gasteiger partial charge is 1.00 e. The third kappa shape index (κ3) is 12.6. The Bertz CT molecular complexity index is 533. The highest BCUT2D eigenvalue weighted by atomic mass is 35.5. The average Bonchev–Trinajstić information content (AvgIpc) is 2.70. The van der Waals surface area contributed by atoms with E-state index in [4.69, 9.17) is 0 Å². The maximum Gasteiger partial charge on any atom is 0.224 e. The van der Waals surface area contributed by atoms with Gasteiger partial charge in [0.25, 0.3) is 0 Å². The van der Waals surface area contributed by atoms with Crippen LogP contribution in [0.5, 0.6) is 0 Å². The summed E-state index contributed by atoms with van der Waals surface area (Å²) in [5.41, 5.74) is 1.19. The molecule has 0 aliphatic rings. The standard InChI is InChI=1S/C26H46N2O.ClH/c1-5-7-8-9-10-11-12-13-14-15-19-22-25(29)27-26(28(3,4)23-6-2)24-20-17-16-18-21-24;/h16-18,20-21,26H,5-15,19,22-23H2,1-4H3;1H. The molecule has 0 heterocycles. The highest BCUT2D eigenvalue weighted by Gasteiger charge is 2.30. The molecular weight excluding hydrogens is 392 g/mol. The smallest absolute Gasteiger partial charge is 0.224 e. The van der Waals surface area contributed by atoms with Crippen LogP contribution in [0.2, 0.25) is 0 Å². The summed E-state index contributed by atoms with van der Waals surface area (Å²) in [6.07, 6.45) is 16.2. The number of unbranched alkanes of at least 4 members (excludes halogenated alkanes) is 10. The van der Waals surface area contributed by atoms with Crippen LogP contribution in [-0.2, 0) is 4.79 Å². The number of hydrogen-bond donors (Lipinski definition) is 1. The third-order valence-electron chi connectivity index (χ3n) is 5.92. The molecule has 1 unspecified atom stereocenters. The minimum Gasteiger partial charge on any atom is -1.00 e. The first-order valence-electron chi connectivity index (χ1n) is 12.2. The molecule has 0 aromatic heterocycles. The number of nitrogens with one attached hydrogen (secondary N) is 1. The molecule has 1 N–H and O–H groups in total. The second-order valence-electron chi connectivity index (χ2n) is 9.17. The van der Waals surface area contributed by atoms with Gasteiger partial charge >= 0.3 is 0 Å². The highest BCUT2D eigenvalue weighted by Crippen LogP contribution is 2.23. The van der Waals surface area contributed by atoms with Crippen molar-refractivity contribution in [1.82, 2.24) is 5.32 Å². The molecule has 1 aromatic carbocycles. The van der Waals surface area contributed by atoms with Crippen LogP contribution in [0.25, 0.3) is 0 Å². The lowest BCUT2D eigenvalue weighted by Crippen LogP contribution is -3.00. The number of amides is 1. The molecule has 1 aromatic rings. The van der Waals surface area contributed by atoms with E-state index in [1.165, 1.54) is 69.8 Å². The first-order chi connectivity index (χ1) is 14.0. The van der Waals surface area contributed by atoms with Crippen LogP contribution in [0.1, 0.15) is 109 Å². The molecule has 3 nitrogen and oxygen atoms in total. The van der Waals surface area contributed by atoms with Crippen LogP contribution in [0.3, 0.4) is 0 Å². The Hall–Kier alpha value is -1.06. The van der Waals surface area contributed by atoms with Gasteiger partial charge in [0.2, 0.25) is 5.91 Å². The van der Waals surface area contributed by atoms with Gasteiger partial charge in [0.05, 0.1) is 20.6 Å². The van der Waals surface area contributed by atoms with Gasteiger partial charge in [-0.1, -0.05) is 108 Å². The summed E-state index contributed by atoms with van der Waals surface area (Å²) >= 11 is 0. The first kappa shape index (κ1) is 28.9. The van der Waals surface area contributed by atoms with Gasteiger partial charge in [0.15, 0.2) is 6.17 Å². The number of carbonyl (C=O) groups excluding carboxylic acids is 1. The molecule has 0 saturated heterocycles. The Morgan fingerprint density at radius 2 is 1.30 bits per heavy atom. The summed E-state index contributed by atoms with van der Waals surface area (Å²) in [7, 11) is 4.42. The average molecular weight is 439 g/mol. The van der Waals surface area contributed by atoms with E-state index in [2.05, 4.69) is 57.5 Å². The van der Waals surface area contributed by atoms with E-state index >= 15 is 0 Å². The SMILES string of the molecule is CCCCCCCCCCCCCC(=O)NC(c1ccccc1)[N+](C)(C)CCC.[Cl-]. The quantitative estimate of drug-likeness (QED) is 0.222. The van der Waals surface area contributed by atoms with E-state index in [1.807, 2.05) is 6.07 Å². The zero-order valence-corrected chi connectivity index (χ0v) is 20.9. The van der Waals surface area contributed by atoms with Crippen molar-refractivity contribution >= 4 is 5.91 Å². The molecule has 0 bridgehead atoms. The van der Waals surface area contributed by atoms with Gasteiger partial charge in [-0.25, -0.2) is 0 Å². The molecule has 0 fully saturated rings. The predicted octanol–water partition coefficient (Wildman–Crippen LogP) is 3.99. The molecule has 0 aliphatic heterocycles. The van der Waals surface area contributed by atoms with Crippen molar-refractivity contribution in [3.8, 4) is 0 Å². The lowest BCUT2D eigenvalue weighted by molar-refractivity contribution is -0.923. The van der Waals surface area contributed by atoms with Gasteiger partial charge in [-0.05, 0) is 12.8 Å². The second kappa shape index (κ2) is 17.6. The number of nitrogens with zero attached hydrogens (tertiary/aromatic N) is 1. The van der Waals surface area contributed by atoms with E-state index in [0.29, 0.717) is 6.42 Å². The van der Waals surface area contributed by atoms with Gasteiger partial charge in [0, 0.05) is 12.0 Å². The highest BCUT2D eigenvalue weighted by molar-refractivity contribution is 5.76.